The molecule has 4 aromatic rings. The van der Waals surface area contributed by atoms with Gasteiger partial charge in [0.15, 0.2) is 14.6 Å². The summed E-state index contributed by atoms with van der Waals surface area (Å²) in [7, 11) is -3.34. The summed E-state index contributed by atoms with van der Waals surface area (Å²) in [5.74, 6) is 2.29. The van der Waals surface area contributed by atoms with E-state index in [0.29, 0.717) is 9.50 Å². The van der Waals surface area contributed by atoms with Crippen molar-refractivity contribution in [2.75, 3.05) is 6.26 Å². The molecule has 0 aliphatic carbocycles. The standard InChI is InChI=1S/C23H18N2O3S2/c1-3-13-25-20-12-11-18(30(2,27)28)15-21(20)29-23(25)24-22(26)14-17-9-6-8-16-7-4-5-10-19(16)17/h1,4-12,15H,13-14H2,2H3. The molecule has 0 aliphatic heterocycles. The van der Waals surface area contributed by atoms with Crippen LogP contribution in [-0.4, -0.2) is 25.1 Å². The highest BCUT2D eigenvalue weighted by atomic mass is 32.2. The molecule has 0 N–H and O–H groups in total. The Kier molecular flexibility index (Phi) is 5.29. The molecule has 1 aromatic heterocycles. The van der Waals surface area contributed by atoms with Crippen molar-refractivity contribution in [1.29, 1.82) is 0 Å². The van der Waals surface area contributed by atoms with Crippen molar-refractivity contribution in [1.82, 2.24) is 4.57 Å². The van der Waals surface area contributed by atoms with Gasteiger partial charge in [-0.25, -0.2) is 8.42 Å². The predicted molar refractivity (Wildman–Crippen MR) is 120 cm³/mol. The van der Waals surface area contributed by atoms with Gasteiger partial charge >= 0.3 is 0 Å². The van der Waals surface area contributed by atoms with E-state index in [1.54, 1.807) is 22.8 Å². The van der Waals surface area contributed by atoms with Gasteiger partial charge < -0.3 is 4.57 Å². The van der Waals surface area contributed by atoms with Crippen molar-refractivity contribution < 1.29 is 13.2 Å². The Morgan fingerprint density at radius 2 is 1.90 bits per heavy atom. The van der Waals surface area contributed by atoms with Crippen LogP contribution in [-0.2, 0) is 27.6 Å². The molecule has 5 nitrogen and oxygen atoms in total. The maximum absolute atomic E-state index is 12.8. The molecule has 0 atom stereocenters. The second kappa shape index (κ2) is 7.90. The van der Waals surface area contributed by atoms with Crippen molar-refractivity contribution in [3.05, 3.63) is 71.0 Å². The van der Waals surface area contributed by atoms with Crippen LogP contribution in [0.5, 0.6) is 0 Å². The zero-order valence-electron chi connectivity index (χ0n) is 16.2. The number of hydrogen-bond acceptors (Lipinski definition) is 4. The highest BCUT2D eigenvalue weighted by Gasteiger charge is 2.13. The molecule has 0 fully saturated rings. The van der Waals surface area contributed by atoms with Crippen LogP contribution < -0.4 is 4.80 Å². The van der Waals surface area contributed by atoms with E-state index in [1.165, 1.54) is 11.3 Å². The SMILES string of the molecule is C#CCn1c(=NC(=O)Cc2cccc3ccccc23)sc2cc(S(C)(=O)=O)ccc21. The topological polar surface area (TPSA) is 68.5 Å². The maximum atomic E-state index is 12.8. The highest BCUT2D eigenvalue weighted by Crippen LogP contribution is 2.22. The number of aromatic nitrogens is 1. The molecule has 0 saturated carbocycles. The molecule has 0 saturated heterocycles. The molecule has 1 amide bonds. The van der Waals surface area contributed by atoms with Crippen molar-refractivity contribution in [2.45, 2.75) is 17.9 Å². The van der Waals surface area contributed by atoms with Gasteiger partial charge in [0.05, 0.1) is 28.1 Å². The first-order valence-corrected chi connectivity index (χ1v) is 11.9. The Bertz CT molecular complexity index is 1500. The fraction of sp³-hybridized carbons (Fsp3) is 0.130. The number of nitrogens with zero attached hydrogens (tertiary/aromatic N) is 2. The van der Waals surface area contributed by atoms with Crippen LogP contribution in [0.2, 0.25) is 0 Å². The molecule has 0 spiro atoms. The minimum atomic E-state index is -3.34. The first-order chi connectivity index (χ1) is 14.4. The number of benzene rings is 3. The van der Waals surface area contributed by atoms with Gasteiger partial charge in [0.1, 0.15) is 0 Å². The lowest BCUT2D eigenvalue weighted by atomic mass is 10.0. The van der Waals surface area contributed by atoms with Crippen molar-refractivity contribution in [3.8, 4) is 12.3 Å². The van der Waals surface area contributed by atoms with E-state index in [9.17, 15) is 13.2 Å². The summed E-state index contributed by atoms with van der Waals surface area (Å²) in [6.45, 7) is 0.235. The lowest BCUT2D eigenvalue weighted by Gasteiger charge is -2.04. The van der Waals surface area contributed by atoms with Crippen molar-refractivity contribution in [2.24, 2.45) is 4.99 Å². The lowest BCUT2D eigenvalue weighted by molar-refractivity contribution is -0.117. The van der Waals surface area contributed by atoms with E-state index in [-0.39, 0.29) is 23.8 Å². The van der Waals surface area contributed by atoms with E-state index in [2.05, 4.69) is 10.9 Å². The van der Waals surface area contributed by atoms with Crippen molar-refractivity contribution in [3.63, 3.8) is 0 Å². The molecule has 0 unspecified atom stereocenters. The average Bonchev–Trinajstić information content (AvgIpc) is 3.04. The van der Waals surface area contributed by atoms with Gasteiger partial charge in [0.25, 0.3) is 5.91 Å². The van der Waals surface area contributed by atoms with Crippen molar-refractivity contribution >= 4 is 48.1 Å². The quantitative estimate of drug-likeness (QED) is 0.461. The molecule has 0 bridgehead atoms. The number of rotatable bonds is 4. The van der Waals surface area contributed by atoms with Crippen LogP contribution in [0.15, 0.2) is 70.6 Å². The molecular formula is C23H18N2O3S2. The van der Waals surface area contributed by atoms with Gasteiger partial charge in [-0.3, -0.25) is 4.79 Å². The summed E-state index contributed by atoms with van der Waals surface area (Å²) in [5.41, 5.74) is 1.66. The molecule has 150 valence electrons. The van der Waals surface area contributed by atoms with Crippen LogP contribution in [0, 0.1) is 12.3 Å². The molecule has 7 heteroatoms. The van der Waals surface area contributed by atoms with Gasteiger partial charge in [-0.2, -0.15) is 4.99 Å². The number of thiazole rings is 1. The second-order valence-electron chi connectivity index (χ2n) is 6.90. The van der Waals surface area contributed by atoms with Gasteiger partial charge in [0.2, 0.25) is 0 Å². The molecule has 30 heavy (non-hydrogen) atoms. The number of amides is 1. The number of terminal acetylenes is 1. The second-order valence-corrected chi connectivity index (χ2v) is 9.92. The fourth-order valence-corrected chi connectivity index (χ4v) is 5.18. The summed E-state index contributed by atoms with van der Waals surface area (Å²) in [6, 6.07) is 18.6. The summed E-state index contributed by atoms with van der Waals surface area (Å²) >= 11 is 1.25. The summed E-state index contributed by atoms with van der Waals surface area (Å²) < 4.78 is 26.2. The molecule has 0 aliphatic rings. The highest BCUT2D eigenvalue weighted by molar-refractivity contribution is 7.90. The number of carbonyl (C=O) groups excluding carboxylic acids is 1. The van der Waals surface area contributed by atoms with E-state index in [4.69, 9.17) is 6.42 Å². The number of sulfone groups is 1. The van der Waals surface area contributed by atoms with Gasteiger partial charge in [0, 0.05) is 6.26 Å². The van der Waals surface area contributed by atoms with Crippen LogP contribution in [0.25, 0.3) is 21.0 Å². The molecule has 1 heterocycles. The zero-order valence-corrected chi connectivity index (χ0v) is 17.8. The summed E-state index contributed by atoms with van der Waals surface area (Å²) in [6.07, 6.45) is 6.84. The van der Waals surface area contributed by atoms with E-state index in [0.717, 1.165) is 28.1 Å². The Hall–Kier alpha value is -3.21. The predicted octanol–water partition coefficient (Wildman–Crippen LogP) is 3.56. The number of hydrogen-bond donors (Lipinski definition) is 0. The Balaban J connectivity index is 1.78. The normalized spacial score (nSPS) is 12.3. The third kappa shape index (κ3) is 3.92. The van der Waals surface area contributed by atoms with Crippen LogP contribution >= 0.6 is 11.3 Å². The summed E-state index contributed by atoms with van der Waals surface area (Å²) in [5, 5.41) is 2.09. The van der Waals surface area contributed by atoms with Gasteiger partial charge in [-0.15, -0.1) is 6.42 Å². The smallest absolute Gasteiger partial charge is 0.252 e. The largest absolute Gasteiger partial charge is 0.305 e. The lowest BCUT2D eigenvalue weighted by Crippen LogP contribution is -2.17. The Labute approximate surface area is 178 Å². The van der Waals surface area contributed by atoms with Crippen LogP contribution in [0.4, 0.5) is 0 Å². The minimum absolute atomic E-state index is 0.167. The molecule has 0 radical (unpaired) electrons. The van der Waals surface area contributed by atoms with E-state index >= 15 is 0 Å². The van der Waals surface area contributed by atoms with E-state index < -0.39 is 9.84 Å². The van der Waals surface area contributed by atoms with Gasteiger partial charge in [-0.05, 0) is 34.5 Å². The van der Waals surface area contributed by atoms with Crippen LogP contribution in [0.3, 0.4) is 0 Å². The Morgan fingerprint density at radius 3 is 2.67 bits per heavy atom. The zero-order chi connectivity index (χ0) is 21.3. The molecule has 4 rings (SSSR count). The average molecular weight is 435 g/mol. The number of fused-ring (bicyclic) bond motifs is 2. The third-order valence-corrected chi connectivity index (χ3v) is 6.93. The minimum Gasteiger partial charge on any atom is -0.305 e. The summed E-state index contributed by atoms with van der Waals surface area (Å²) in [4.78, 5) is 17.7. The van der Waals surface area contributed by atoms with Gasteiger partial charge in [-0.1, -0.05) is 59.7 Å². The third-order valence-electron chi connectivity index (χ3n) is 4.77. The molecule has 3 aromatic carbocycles. The van der Waals surface area contributed by atoms with Crippen LogP contribution in [0.1, 0.15) is 5.56 Å². The maximum Gasteiger partial charge on any atom is 0.252 e. The van der Waals surface area contributed by atoms with E-state index in [1.807, 2.05) is 42.5 Å². The first-order valence-electron chi connectivity index (χ1n) is 9.18. The first kappa shape index (κ1) is 20.1. The molecular weight excluding hydrogens is 416 g/mol. The fourth-order valence-electron chi connectivity index (χ4n) is 3.37. The monoisotopic (exact) mass is 434 g/mol. The number of carbonyl (C=O) groups is 1. The Morgan fingerprint density at radius 1 is 1.13 bits per heavy atom.